The van der Waals surface area contributed by atoms with Gasteiger partial charge in [-0.1, -0.05) is 220 Å². The minimum absolute atomic E-state index is 0.130. The van der Waals surface area contributed by atoms with E-state index in [1.54, 1.807) is 7.11 Å². The van der Waals surface area contributed by atoms with E-state index in [9.17, 15) is 24.0 Å². The molecular formula is C102H158N6O7. The van der Waals surface area contributed by atoms with Gasteiger partial charge in [0.1, 0.15) is 5.75 Å². The lowest BCUT2D eigenvalue weighted by molar-refractivity contribution is -0.124. The molecule has 0 bridgehead atoms. The molecule has 6 aliphatic rings. The molecule has 13 heteroatoms. The molecule has 638 valence electrons. The molecule has 1 saturated heterocycles. The van der Waals surface area contributed by atoms with Crippen LogP contribution in [-0.4, -0.2) is 62.9 Å². The number of carbonyl (C=O) groups is 5. The highest BCUT2D eigenvalue weighted by Gasteiger charge is 2.41. The first-order chi connectivity index (χ1) is 54.6. The van der Waals surface area contributed by atoms with Gasteiger partial charge in [-0.15, -0.1) is 0 Å². The number of morpholine rings is 1. The number of nitrogens with one attached hydrogen (secondary N) is 5. The molecule has 115 heavy (non-hydrogen) atoms. The fourth-order valence-electron chi connectivity index (χ4n) is 19.4. The van der Waals surface area contributed by atoms with Gasteiger partial charge >= 0.3 is 0 Å². The second-order valence-corrected chi connectivity index (χ2v) is 39.1. The highest BCUT2D eigenvalue weighted by Crippen LogP contribution is 2.44. The number of aryl methyl sites for hydroxylation is 2. The first kappa shape index (κ1) is 95.2. The van der Waals surface area contributed by atoms with E-state index in [1.807, 2.05) is 61.5 Å². The van der Waals surface area contributed by atoms with Gasteiger partial charge in [-0.3, -0.25) is 24.0 Å². The van der Waals surface area contributed by atoms with Crippen molar-refractivity contribution in [2.45, 2.75) is 279 Å². The Kier molecular flexibility index (Phi) is 38.4. The Balaban J connectivity index is 0.000000199. The smallest absolute Gasteiger partial charge is 0.227 e. The van der Waals surface area contributed by atoms with Crippen molar-refractivity contribution < 1.29 is 33.4 Å². The summed E-state index contributed by atoms with van der Waals surface area (Å²) in [4.78, 5) is 66.3. The number of ether oxygens (including phenoxy) is 2. The molecule has 5 aliphatic carbocycles. The molecule has 0 aromatic heterocycles. The SMILES string of the molecule is CC(C)[C@@H]1CC[C@@H](C)C[C@H]1C(=O)Nc1ccc(C(C)(C)C)cc1.CC(C)[C@@H]1CC[C@@H](C)C[C@H]1C(=O)Nc1ccc(N2CCOCC2)cc1.CCC(C)c1ccc(NC(=O)[C@@H]2C[C@H](C)CC[C@H]2C(C)C)cc1.CCCc1ccc(NC(=O)[C@@H]2C[C@H](C)CC[C@H]2C(C)C)cc1.COc1ccc(NC(=O)[C@@H]2C[C@H](C)CC[C@H]2C(C)C)c(C)c1. The van der Waals surface area contributed by atoms with Crippen LogP contribution in [0.4, 0.5) is 34.1 Å². The first-order valence-electron chi connectivity index (χ1n) is 45.5. The Morgan fingerprint density at radius 2 is 0.739 bits per heavy atom. The molecule has 16 atom stereocenters. The number of amides is 5. The van der Waals surface area contributed by atoms with E-state index in [0.717, 1.165) is 117 Å². The Bertz CT molecular complexity index is 3720. The average molecular weight is 1580 g/mol. The fourth-order valence-corrected chi connectivity index (χ4v) is 19.4. The molecule has 0 spiro atoms. The Morgan fingerprint density at radius 3 is 1.03 bits per heavy atom. The Labute approximate surface area is 698 Å². The number of hydrogen-bond acceptors (Lipinski definition) is 8. The van der Waals surface area contributed by atoms with E-state index < -0.39 is 0 Å². The summed E-state index contributed by atoms with van der Waals surface area (Å²) in [6, 6.07) is 39.1. The van der Waals surface area contributed by atoms with E-state index in [2.05, 4.69) is 238 Å². The van der Waals surface area contributed by atoms with Crippen LogP contribution in [0.3, 0.4) is 0 Å². The maximum absolute atomic E-state index is 12.9. The van der Waals surface area contributed by atoms with Crippen molar-refractivity contribution in [1.82, 2.24) is 0 Å². The van der Waals surface area contributed by atoms with Crippen molar-refractivity contribution in [3.63, 3.8) is 0 Å². The molecule has 1 aliphatic heterocycles. The second-order valence-electron chi connectivity index (χ2n) is 39.1. The maximum atomic E-state index is 12.9. The van der Waals surface area contributed by atoms with Crippen molar-refractivity contribution in [2.24, 2.45) is 118 Å². The highest BCUT2D eigenvalue weighted by atomic mass is 16.5. The largest absolute Gasteiger partial charge is 0.497 e. The summed E-state index contributed by atoms with van der Waals surface area (Å²) in [7, 11) is 1.66. The third kappa shape index (κ3) is 29.5. The molecule has 5 amide bonds. The highest BCUT2D eigenvalue weighted by molar-refractivity contribution is 5.96. The lowest BCUT2D eigenvalue weighted by Crippen LogP contribution is -2.37. The third-order valence-electron chi connectivity index (χ3n) is 27.1. The van der Waals surface area contributed by atoms with Gasteiger partial charge in [0, 0.05) is 76.8 Å². The number of methoxy groups -OCH3 is 1. The monoisotopic (exact) mass is 1580 g/mol. The zero-order chi connectivity index (χ0) is 84.4. The van der Waals surface area contributed by atoms with E-state index in [4.69, 9.17) is 9.47 Å². The number of anilines is 6. The van der Waals surface area contributed by atoms with Gasteiger partial charge in [0.05, 0.1) is 20.3 Å². The second kappa shape index (κ2) is 46.4. The maximum Gasteiger partial charge on any atom is 0.227 e. The van der Waals surface area contributed by atoms with Crippen molar-refractivity contribution in [3.8, 4) is 5.75 Å². The van der Waals surface area contributed by atoms with E-state index in [1.165, 1.54) is 86.6 Å². The number of nitrogens with zero attached hydrogens (tertiary/aromatic N) is 1. The first-order valence-corrected chi connectivity index (χ1v) is 45.5. The van der Waals surface area contributed by atoms with Gasteiger partial charge in [-0.05, 0) is 285 Å². The van der Waals surface area contributed by atoms with Crippen LogP contribution in [-0.2, 0) is 40.5 Å². The number of rotatable bonds is 21. The normalized spacial score (nSPS) is 25.9. The van der Waals surface area contributed by atoms with Crippen molar-refractivity contribution >= 4 is 63.7 Å². The number of benzene rings is 5. The average Bonchev–Trinajstić information content (AvgIpc) is 0.849. The van der Waals surface area contributed by atoms with Crippen molar-refractivity contribution in [1.29, 1.82) is 0 Å². The summed E-state index contributed by atoms with van der Waals surface area (Å²) in [6.45, 7) is 52.5. The summed E-state index contributed by atoms with van der Waals surface area (Å²) in [6.07, 6.45) is 20.7. The third-order valence-corrected chi connectivity index (χ3v) is 27.1. The van der Waals surface area contributed by atoms with Crippen LogP contribution in [0.5, 0.6) is 5.75 Å². The fraction of sp³-hybridized carbons (Fsp3) is 0.657. The van der Waals surface area contributed by atoms with Gasteiger partial charge in [0.2, 0.25) is 29.5 Å². The summed E-state index contributed by atoms with van der Waals surface area (Å²) in [5.74, 6) is 11.8. The molecule has 5 saturated carbocycles. The molecule has 1 unspecified atom stereocenters. The van der Waals surface area contributed by atoms with Gasteiger partial charge < -0.3 is 41.0 Å². The number of carbonyl (C=O) groups excluding carboxylic acids is 5. The molecule has 0 radical (unpaired) electrons. The quantitative estimate of drug-likeness (QED) is 0.0484. The zero-order valence-electron chi connectivity index (χ0n) is 76.0. The Hall–Kier alpha value is -6.99. The summed E-state index contributed by atoms with van der Waals surface area (Å²) >= 11 is 0. The minimum Gasteiger partial charge on any atom is -0.497 e. The summed E-state index contributed by atoms with van der Waals surface area (Å²) in [5.41, 5.74) is 11.0. The van der Waals surface area contributed by atoms with Gasteiger partial charge in [-0.25, -0.2) is 0 Å². The lowest BCUT2D eigenvalue weighted by Gasteiger charge is -2.36. The van der Waals surface area contributed by atoms with Crippen LogP contribution in [0, 0.1) is 125 Å². The van der Waals surface area contributed by atoms with Crippen molar-refractivity contribution in [2.75, 3.05) is 64.9 Å². The molecule has 1 heterocycles. The Morgan fingerprint density at radius 1 is 0.426 bits per heavy atom. The molecule has 5 N–H and O–H groups in total. The van der Waals surface area contributed by atoms with Crippen LogP contribution < -0.4 is 36.2 Å². The van der Waals surface area contributed by atoms with Crippen LogP contribution >= 0.6 is 0 Å². The van der Waals surface area contributed by atoms with Crippen LogP contribution in [0.1, 0.15) is 283 Å². The topological polar surface area (TPSA) is 167 Å². The van der Waals surface area contributed by atoms with E-state index in [0.29, 0.717) is 94.7 Å². The van der Waals surface area contributed by atoms with Gasteiger partial charge in [-0.2, -0.15) is 0 Å². The van der Waals surface area contributed by atoms with E-state index in [-0.39, 0.29) is 64.5 Å². The molecule has 13 nitrogen and oxygen atoms in total. The van der Waals surface area contributed by atoms with E-state index >= 15 is 0 Å². The molecule has 11 rings (SSSR count). The molecular weight excluding hydrogens is 1420 g/mol. The van der Waals surface area contributed by atoms with Crippen LogP contribution in [0.15, 0.2) is 115 Å². The summed E-state index contributed by atoms with van der Waals surface area (Å²) < 4.78 is 10.6. The predicted octanol–water partition coefficient (Wildman–Crippen LogP) is 25.6. The van der Waals surface area contributed by atoms with Crippen LogP contribution in [0.2, 0.25) is 0 Å². The molecule has 6 fully saturated rings. The van der Waals surface area contributed by atoms with Crippen LogP contribution in [0.25, 0.3) is 0 Å². The lowest BCUT2D eigenvalue weighted by atomic mass is 9.70. The molecule has 5 aromatic carbocycles. The standard InChI is InChI=1S/C21H32N2O2.2C21H33NO.C20H31NO.C19H29NO2/c1-15(2)19-9-4-16(3)14-20(19)21(24)22-17-5-7-18(8-6-17)23-10-12-25-13-11-23;1-14(2)18-12-7-15(3)13-19(18)20(23)22-17-10-8-16(9-11-17)21(4,5)6;1-6-16(5)17-8-10-18(11-9-17)22-21(23)20-13-15(4)7-12-19(20)14(2)3;1-5-6-16-8-10-17(11-9-16)21-20(22)19-13-15(4)7-12-18(19)14(2)3;1-12(2)16-8-6-13(3)10-17(16)19(21)20-18-9-7-15(22-5)11-14(18)4/h5-8,15-16,19-20H,4,9-14H2,1-3H3,(H,22,24);8-11,14-15,18-19H,7,12-13H2,1-6H3,(H,22,23);8-11,14-16,19-20H,6-7,12-13H2,1-5H3,(H,22,23);8-11,14-15,18-19H,5-7,12-13H2,1-4H3,(H,21,22);7,9,11-13,16-17H,6,8,10H2,1-5H3,(H,20,21)/t16-,19+,20-;15-,18+,19-;15-,16?,19+,20-;15-,18+,19-;13-,16+,17-/m11111/s1. The molecule has 5 aromatic rings. The summed E-state index contributed by atoms with van der Waals surface area (Å²) in [5, 5.41) is 15.8. The van der Waals surface area contributed by atoms with Gasteiger partial charge in [0.25, 0.3) is 0 Å². The minimum atomic E-state index is 0.130. The van der Waals surface area contributed by atoms with Crippen molar-refractivity contribution in [3.05, 3.63) is 138 Å². The predicted molar refractivity (Wildman–Crippen MR) is 485 cm³/mol. The van der Waals surface area contributed by atoms with Gasteiger partial charge in [0.15, 0.2) is 0 Å². The zero-order valence-corrected chi connectivity index (χ0v) is 76.0. The number of hydrogen-bond donors (Lipinski definition) is 5.